The molecule has 0 fully saturated rings. The summed E-state index contributed by atoms with van der Waals surface area (Å²) >= 11 is 0. The Morgan fingerprint density at radius 3 is 2.96 bits per heavy atom. The lowest BCUT2D eigenvalue weighted by atomic mass is 10.1. The summed E-state index contributed by atoms with van der Waals surface area (Å²) in [6, 6.07) is 12.9. The number of carbonyl (C=O) groups is 1. The van der Waals surface area contributed by atoms with Gasteiger partial charge in [-0.1, -0.05) is 12.1 Å². The third-order valence-corrected chi connectivity index (χ3v) is 3.94. The molecule has 130 valence electrons. The van der Waals surface area contributed by atoms with Crippen molar-refractivity contribution in [1.29, 1.82) is 0 Å². The van der Waals surface area contributed by atoms with Crippen molar-refractivity contribution in [2.24, 2.45) is 16.6 Å². The zero-order chi connectivity index (χ0) is 18.1. The van der Waals surface area contributed by atoms with E-state index in [-0.39, 0.29) is 5.84 Å². The van der Waals surface area contributed by atoms with Crippen LogP contribution in [0.1, 0.15) is 11.3 Å². The van der Waals surface area contributed by atoms with Crippen LogP contribution in [0, 0.1) is 0 Å². The third-order valence-electron chi connectivity index (χ3n) is 3.94. The summed E-state index contributed by atoms with van der Waals surface area (Å²) in [5, 5.41) is 8.00. The van der Waals surface area contributed by atoms with E-state index < -0.39 is 6.03 Å². The summed E-state index contributed by atoms with van der Waals surface area (Å²) in [7, 11) is 0. The number of H-pyrrole nitrogens is 1. The molecule has 3 heterocycles. The number of nitrogens with zero attached hydrogens (tertiary/aromatic N) is 4. The second kappa shape index (κ2) is 6.20. The Morgan fingerprint density at radius 1 is 1.23 bits per heavy atom. The van der Waals surface area contributed by atoms with Crippen LogP contribution in [-0.2, 0) is 6.54 Å². The quantitative estimate of drug-likeness (QED) is 0.250. The molecule has 0 atom stereocenters. The van der Waals surface area contributed by atoms with Crippen molar-refractivity contribution in [3.05, 3.63) is 59.9 Å². The predicted molar refractivity (Wildman–Crippen MR) is 98.4 cm³/mol. The first-order valence-corrected chi connectivity index (χ1v) is 7.88. The largest absolute Gasteiger partial charge is 0.380 e. The van der Waals surface area contributed by atoms with E-state index in [2.05, 4.69) is 31.7 Å². The number of urea groups is 1. The number of hydrogen-bond donors (Lipinski definition) is 4. The monoisotopic (exact) mass is 348 g/mol. The van der Waals surface area contributed by atoms with Crippen molar-refractivity contribution in [3.63, 3.8) is 0 Å². The highest BCUT2D eigenvalue weighted by molar-refractivity contribution is 5.97. The molecule has 0 bridgehead atoms. The number of aromatic amines is 1. The van der Waals surface area contributed by atoms with Gasteiger partial charge in [-0.2, -0.15) is 5.10 Å². The smallest absolute Gasteiger partial charge is 0.332 e. The fourth-order valence-electron chi connectivity index (χ4n) is 2.72. The van der Waals surface area contributed by atoms with Crippen LogP contribution >= 0.6 is 0 Å². The normalized spacial score (nSPS) is 11.9. The number of carbonyl (C=O) groups excluding carboxylic acids is 1. The van der Waals surface area contributed by atoms with Gasteiger partial charge in [0.2, 0.25) is 0 Å². The minimum Gasteiger partial charge on any atom is -0.380 e. The topological polar surface area (TPSA) is 140 Å². The number of amides is 2. The van der Waals surface area contributed by atoms with Crippen LogP contribution in [0.3, 0.4) is 0 Å². The molecule has 26 heavy (non-hydrogen) atoms. The van der Waals surface area contributed by atoms with Gasteiger partial charge < -0.3 is 11.5 Å². The first-order valence-electron chi connectivity index (χ1n) is 7.88. The fourth-order valence-corrected chi connectivity index (χ4v) is 2.72. The molecule has 0 saturated heterocycles. The van der Waals surface area contributed by atoms with Gasteiger partial charge in [0.15, 0.2) is 11.5 Å². The summed E-state index contributed by atoms with van der Waals surface area (Å²) in [5.41, 5.74) is 17.1. The summed E-state index contributed by atoms with van der Waals surface area (Å²) in [4.78, 5) is 19.5. The van der Waals surface area contributed by atoms with Gasteiger partial charge in [-0.15, -0.1) is 0 Å². The molecule has 0 unspecified atom stereocenters. The Hall–Kier alpha value is -3.88. The number of fused-ring (bicyclic) bond motifs is 2. The minimum atomic E-state index is -0.786. The van der Waals surface area contributed by atoms with E-state index in [4.69, 9.17) is 11.5 Å². The summed E-state index contributed by atoms with van der Waals surface area (Å²) < 4.78 is 1.91. The molecule has 4 aromatic rings. The molecule has 0 aliphatic heterocycles. The highest BCUT2D eigenvalue weighted by Gasteiger charge is 2.11. The Kier molecular flexibility index (Phi) is 3.73. The summed E-state index contributed by atoms with van der Waals surface area (Å²) in [5.74, 6) is 0.0789. The lowest BCUT2D eigenvalue weighted by Gasteiger charge is -2.16. The van der Waals surface area contributed by atoms with E-state index >= 15 is 0 Å². The Bertz CT molecular complexity index is 1140. The highest BCUT2D eigenvalue weighted by atomic mass is 16.2. The number of rotatable bonds is 4. The average molecular weight is 348 g/mol. The third kappa shape index (κ3) is 2.93. The van der Waals surface area contributed by atoms with Gasteiger partial charge in [0.05, 0.1) is 17.6 Å². The minimum absolute atomic E-state index is 0.0789. The maximum atomic E-state index is 10.7. The number of nitrogens with one attached hydrogen (secondary N) is 2. The van der Waals surface area contributed by atoms with Gasteiger partial charge in [0, 0.05) is 11.6 Å². The van der Waals surface area contributed by atoms with Crippen molar-refractivity contribution in [3.8, 4) is 0 Å². The van der Waals surface area contributed by atoms with Crippen molar-refractivity contribution in [2.75, 3.05) is 0 Å². The Balaban J connectivity index is 1.61. The Morgan fingerprint density at radius 2 is 2.12 bits per heavy atom. The molecule has 1 aromatic carbocycles. The number of benzene rings is 1. The lowest BCUT2D eigenvalue weighted by Crippen LogP contribution is -2.29. The molecule has 0 aliphatic carbocycles. The number of hydrogen-bond acceptors (Lipinski definition) is 4. The number of hydrazone groups is 1. The number of aromatic nitrogens is 4. The average Bonchev–Trinajstić information content (AvgIpc) is 2.64. The van der Waals surface area contributed by atoms with Crippen molar-refractivity contribution in [2.45, 2.75) is 6.54 Å². The molecule has 0 saturated carbocycles. The molecule has 3 aromatic heterocycles. The van der Waals surface area contributed by atoms with Crippen LogP contribution in [-0.4, -0.2) is 31.6 Å². The van der Waals surface area contributed by atoms with Crippen molar-refractivity contribution in [1.82, 2.24) is 25.2 Å². The zero-order valence-electron chi connectivity index (χ0n) is 13.7. The van der Waals surface area contributed by atoms with Crippen molar-refractivity contribution >= 4 is 33.9 Å². The van der Waals surface area contributed by atoms with Crippen LogP contribution in [0.4, 0.5) is 4.79 Å². The van der Waals surface area contributed by atoms with Crippen LogP contribution < -0.4 is 16.9 Å². The molecular formula is C17H16N8O. The van der Waals surface area contributed by atoms with E-state index in [0.29, 0.717) is 12.2 Å². The van der Waals surface area contributed by atoms with E-state index in [0.717, 1.165) is 27.6 Å². The van der Waals surface area contributed by atoms with Crippen LogP contribution in [0.15, 0.2) is 53.8 Å². The SMILES string of the molecule is NC(=O)N/N=C(\N)c1ccc2[nH]n(Cc3ccc4ncccc4c3)c2n1. The Labute approximate surface area is 147 Å². The summed E-state index contributed by atoms with van der Waals surface area (Å²) in [6.07, 6.45) is 1.78. The van der Waals surface area contributed by atoms with Gasteiger partial charge in [-0.25, -0.2) is 15.2 Å². The maximum Gasteiger partial charge on any atom is 0.332 e. The zero-order valence-corrected chi connectivity index (χ0v) is 13.7. The highest BCUT2D eigenvalue weighted by Crippen LogP contribution is 2.18. The molecular weight excluding hydrogens is 332 g/mol. The molecule has 2 amide bonds. The maximum absolute atomic E-state index is 10.7. The van der Waals surface area contributed by atoms with Gasteiger partial charge in [-0.05, 0) is 35.9 Å². The van der Waals surface area contributed by atoms with Crippen LogP contribution in [0.25, 0.3) is 22.1 Å². The lowest BCUT2D eigenvalue weighted by molar-refractivity contribution is 0.249. The molecule has 9 heteroatoms. The number of pyridine rings is 2. The number of nitrogens with two attached hydrogens (primary N) is 2. The van der Waals surface area contributed by atoms with Gasteiger partial charge >= 0.3 is 6.03 Å². The molecule has 6 N–H and O–H groups in total. The van der Waals surface area contributed by atoms with Crippen LogP contribution in [0.5, 0.6) is 0 Å². The molecule has 0 radical (unpaired) electrons. The fraction of sp³-hybridized carbons (Fsp3) is 0.0588. The van der Waals surface area contributed by atoms with Crippen LogP contribution in [0.2, 0.25) is 0 Å². The van der Waals surface area contributed by atoms with Crippen molar-refractivity contribution < 1.29 is 4.79 Å². The molecule has 9 nitrogen and oxygen atoms in total. The van der Waals surface area contributed by atoms with Gasteiger partial charge in [0.25, 0.3) is 0 Å². The van der Waals surface area contributed by atoms with E-state index in [9.17, 15) is 4.79 Å². The first kappa shape index (κ1) is 15.6. The number of amidine groups is 1. The summed E-state index contributed by atoms with van der Waals surface area (Å²) in [6.45, 7) is 0.630. The second-order valence-electron chi connectivity index (χ2n) is 5.77. The van der Waals surface area contributed by atoms with Gasteiger partial charge in [-0.3, -0.25) is 14.8 Å². The first-order chi connectivity index (χ1) is 12.6. The predicted octanol–water partition coefficient (Wildman–Crippen LogP) is 1.25. The van der Waals surface area contributed by atoms with E-state index in [1.54, 1.807) is 12.3 Å². The molecule has 0 aliphatic rings. The van der Waals surface area contributed by atoms with E-state index in [1.165, 1.54) is 0 Å². The van der Waals surface area contributed by atoms with E-state index in [1.807, 2.05) is 35.0 Å². The molecule has 4 rings (SSSR count). The van der Waals surface area contributed by atoms with Gasteiger partial charge in [0.1, 0.15) is 5.69 Å². The standard InChI is InChI=1S/C17H16N8O/c18-15(22-23-17(19)26)13-5-6-14-16(21-13)25(24-14)9-10-3-4-12-11(8-10)2-1-7-20-12/h1-8,24H,9H2,(H2,18,22)(H3,19,23,26). The molecule has 0 spiro atoms. The second-order valence-corrected chi connectivity index (χ2v) is 5.77. The number of primary amides is 1.